The van der Waals surface area contributed by atoms with Gasteiger partial charge in [0.15, 0.2) is 0 Å². The van der Waals surface area contributed by atoms with Crippen LogP contribution >= 0.6 is 0 Å². The summed E-state index contributed by atoms with van der Waals surface area (Å²) < 4.78 is 0. The van der Waals surface area contributed by atoms with Gasteiger partial charge in [-0.05, 0) is 30.7 Å². The summed E-state index contributed by atoms with van der Waals surface area (Å²) in [6.07, 6.45) is 2.91. The molecule has 1 heterocycles. The first-order valence-electron chi connectivity index (χ1n) is 5.48. The van der Waals surface area contributed by atoms with Gasteiger partial charge in [0.2, 0.25) is 0 Å². The number of nitrogens with two attached hydrogens (primary N) is 1. The van der Waals surface area contributed by atoms with Crippen molar-refractivity contribution in [3.8, 4) is 0 Å². The summed E-state index contributed by atoms with van der Waals surface area (Å²) in [5, 5.41) is 3.37. The molecule has 3 heteroatoms. The highest BCUT2D eigenvalue weighted by atomic mass is 14.9. The number of hydrogen-bond acceptors (Lipinski definition) is 2. The van der Waals surface area contributed by atoms with Gasteiger partial charge in [0.25, 0.3) is 0 Å². The lowest BCUT2D eigenvalue weighted by atomic mass is 10.1. The number of nitrogens with one attached hydrogen (secondary N) is 2. The summed E-state index contributed by atoms with van der Waals surface area (Å²) in [5.41, 5.74) is 10.2. The predicted molar refractivity (Wildman–Crippen MR) is 68.6 cm³/mol. The van der Waals surface area contributed by atoms with Crippen molar-refractivity contribution in [1.82, 2.24) is 4.98 Å². The number of nitrogen functional groups attached to an aromatic ring is 1. The zero-order valence-electron chi connectivity index (χ0n) is 9.46. The van der Waals surface area contributed by atoms with E-state index in [1.807, 2.05) is 24.4 Å². The number of hydrogen-bond donors (Lipinski definition) is 3. The molecule has 0 saturated heterocycles. The second kappa shape index (κ2) is 4.75. The van der Waals surface area contributed by atoms with E-state index in [0.717, 1.165) is 24.3 Å². The van der Waals surface area contributed by atoms with Crippen molar-refractivity contribution in [1.29, 1.82) is 0 Å². The highest BCUT2D eigenvalue weighted by molar-refractivity contribution is 5.69. The van der Waals surface area contributed by atoms with Crippen LogP contribution in [0.2, 0.25) is 0 Å². The van der Waals surface area contributed by atoms with Crippen LogP contribution in [-0.4, -0.2) is 11.5 Å². The molecule has 0 amide bonds. The minimum atomic E-state index is 0.812. The lowest BCUT2D eigenvalue weighted by Gasteiger charge is -2.11. The molecule has 0 bridgehead atoms. The van der Waals surface area contributed by atoms with Gasteiger partial charge >= 0.3 is 0 Å². The Labute approximate surface area is 95.7 Å². The van der Waals surface area contributed by atoms with Gasteiger partial charge in [0.05, 0.1) is 11.4 Å². The minimum Gasteiger partial charge on any atom is -0.397 e. The number of aromatic nitrogens is 1. The largest absolute Gasteiger partial charge is 0.397 e. The molecule has 3 nitrogen and oxygen atoms in total. The molecule has 0 aliphatic heterocycles. The van der Waals surface area contributed by atoms with Gasteiger partial charge in [0.1, 0.15) is 0 Å². The molecule has 0 aliphatic rings. The van der Waals surface area contributed by atoms with Crippen molar-refractivity contribution >= 4 is 11.4 Å². The zero-order valence-corrected chi connectivity index (χ0v) is 9.46. The monoisotopic (exact) mass is 215 g/mol. The summed E-state index contributed by atoms with van der Waals surface area (Å²) >= 11 is 0. The zero-order chi connectivity index (χ0) is 11.4. The number of aryl methyl sites for hydroxylation is 1. The molecule has 0 aliphatic carbocycles. The van der Waals surface area contributed by atoms with E-state index in [-0.39, 0.29) is 0 Å². The molecule has 2 rings (SSSR count). The van der Waals surface area contributed by atoms with Crippen LogP contribution in [0.3, 0.4) is 0 Å². The van der Waals surface area contributed by atoms with Crippen LogP contribution in [-0.2, 0) is 6.42 Å². The first kappa shape index (κ1) is 10.6. The maximum absolute atomic E-state index is 5.91. The SMILES string of the molecule is Cc1cccc(N)c1NCCc1ccc[nH]1. The third kappa shape index (κ3) is 2.37. The third-order valence-corrected chi connectivity index (χ3v) is 2.66. The Hall–Kier alpha value is -1.90. The average molecular weight is 215 g/mol. The standard InChI is InChI=1S/C13H17N3/c1-10-4-2-6-12(14)13(10)16-9-7-11-5-3-8-15-11/h2-6,8,15-16H,7,9,14H2,1H3. The van der Waals surface area contributed by atoms with E-state index < -0.39 is 0 Å². The molecule has 0 radical (unpaired) electrons. The minimum absolute atomic E-state index is 0.812. The Kier molecular flexibility index (Phi) is 3.15. The molecular formula is C13H17N3. The van der Waals surface area contributed by atoms with E-state index in [1.54, 1.807) is 0 Å². The number of para-hydroxylation sites is 1. The normalized spacial score (nSPS) is 10.3. The second-order valence-electron chi connectivity index (χ2n) is 3.91. The highest BCUT2D eigenvalue weighted by Crippen LogP contribution is 2.22. The van der Waals surface area contributed by atoms with Crippen molar-refractivity contribution < 1.29 is 0 Å². The molecule has 84 valence electrons. The summed E-state index contributed by atoms with van der Waals surface area (Å²) in [6, 6.07) is 10.1. The van der Waals surface area contributed by atoms with E-state index in [2.05, 4.69) is 29.4 Å². The van der Waals surface area contributed by atoms with Crippen molar-refractivity contribution in [3.63, 3.8) is 0 Å². The summed E-state index contributed by atoms with van der Waals surface area (Å²) in [5.74, 6) is 0. The van der Waals surface area contributed by atoms with Gasteiger partial charge in [-0.3, -0.25) is 0 Å². The number of rotatable bonds is 4. The number of benzene rings is 1. The van der Waals surface area contributed by atoms with Gasteiger partial charge in [-0.1, -0.05) is 12.1 Å². The van der Waals surface area contributed by atoms with E-state index in [1.165, 1.54) is 11.3 Å². The lowest BCUT2D eigenvalue weighted by Crippen LogP contribution is -2.08. The molecule has 0 fully saturated rings. The molecule has 0 saturated carbocycles. The van der Waals surface area contributed by atoms with Crippen LogP contribution < -0.4 is 11.1 Å². The molecule has 2 aromatic rings. The van der Waals surface area contributed by atoms with Gasteiger partial charge < -0.3 is 16.0 Å². The van der Waals surface area contributed by atoms with Gasteiger partial charge in [-0.2, -0.15) is 0 Å². The maximum atomic E-state index is 5.91. The van der Waals surface area contributed by atoms with Crippen molar-refractivity contribution in [2.45, 2.75) is 13.3 Å². The number of anilines is 2. The van der Waals surface area contributed by atoms with E-state index in [4.69, 9.17) is 5.73 Å². The summed E-state index contributed by atoms with van der Waals surface area (Å²) in [7, 11) is 0. The van der Waals surface area contributed by atoms with Crippen molar-refractivity contribution in [3.05, 3.63) is 47.8 Å². The van der Waals surface area contributed by atoms with Gasteiger partial charge in [-0.25, -0.2) is 0 Å². The van der Waals surface area contributed by atoms with E-state index >= 15 is 0 Å². The molecule has 4 N–H and O–H groups in total. The fourth-order valence-electron chi connectivity index (χ4n) is 1.78. The topological polar surface area (TPSA) is 53.8 Å². The Morgan fingerprint density at radius 2 is 2.12 bits per heavy atom. The fraction of sp³-hybridized carbons (Fsp3) is 0.231. The second-order valence-corrected chi connectivity index (χ2v) is 3.91. The maximum Gasteiger partial charge on any atom is 0.0603 e. The van der Waals surface area contributed by atoms with Crippen LogP contribution in [0.5, 0.6) is 0 Å². The summed E-state index contributed by atoms with van der Waals surface area (Å²) in [6.45, 7) is 2.95. The van der Waals surface area contributed by atoms with E-state index in [0.29, 0.717) is 0 Å². The third-order valence-electron chi connectivity index (χ3n) is 2.66. The Morgan fingerprint density at radius 3 is 2.81 bits per heavy atom. The Morgan fingerprint density at radius 1 is 1.25 bits per heavy atom. The molecule has 16 heavy (non-hydrogen) atoms. The Bertz CT molecular complexity index is 426. The first-order chi connectivity index (χ1) is 7.77. The van der Waals surface area contributed by atoms with E-state index in [9.17, 15) is 0 Å². The first-order valence-corrected chi connectivity index (χ1v) is 5.48. The van der Waals surface area contributed by atoms with Crippen LogP contribution in [0.4, 0.5) is 11.4 Å². The molecule has 1 aromatic carbocycles. The average Bonchev–Trinajstić information content (AvgIpc) is 2.75. The molecule has 0 spiro atoms. The van der Waals surface area contributed by atoms with Gasteiger partial charge in [-0.15, -0.1) is 0 Å². The van der Waals surface area contributed by atoms with Crippen molar-refractivity contribution in [2.75, 3.05) is 17.6 Å². The van der Waals surface area contributed by atoms with Crippen LogP contribution in [0.15, 0.2) is 36.5 Å². The predicted octanol–water partition coefficient (Wildman–Crippen LogP) is 2.56. The summed E-state index contributed by atoms with van der Waals surface area (Å²) in [4.78, 5) is 3.18. The lowest BCUT2D eigenvalue weighted by molar-refractivity contribution is 0.976. The molecule has 1 aromatic heterocycles. The van der Waals surface area contributed by atoms with Crippen LogP contribution in [0.25, 0.3) is 0 Å². The number of H-pyrrole nitrogens is 1. The molecule has 0 unspecified atom stereocenters. The smallest absolute Gasteiger partial charge is 0.0603 e. The van der Waals surface area contributed by atoms with Crippen molar-refractivity contribution in [2.24, 2.45) is 0 Å². The van der Waals surface area contributed by atoms with Crippen LogP contribution in [0.1, 0.15) is 11.3 Å². The quantitative estimate of drug-likeness (QED) is 0.686. The highest BCUT2D eigenvalue weighted by Gasteiger charge is 2.01. The molecule has 0 atom stereocenters. The van der Waals surface area contributed by atoms with Crippen LogP contribution in [0, 0.1) is 6.92 Å². The number of aromatic amines is 1. The molecular weight excluding hydrogens is 198 g/mol. The Balaban J connectivity index is 1.95. The fourth-order valence-corrected chi connectivity index (χ4v) is 1.78. The van der Waals surface area contributed by atoms with Gasteiger partial charge in [0, 0.05) is 24.9 Å².